The summed E-state index contributed by atoms with van der Waals surface area (Å²) in [6.07, 6.45) is 0. The van der Waals surface area contributed by atoms with Crippen molar-refractivity contribution in [2.45, 2.75) is 6.54 Å². The fraction of sp³-hybridized carbons (Fsp3) is 0.0556. The molecule has 0 saturated carbocycles. The van der Waals surface area contributed by atoms with Gasteiger partial charge < -0.3 is 0 Å². The van der Waals surface area contributed by atoms with Crippen LogP contribution < -0.4 is 5.32 Å². The predicted octanol–water partition coefficient (Wildman–Crippen LogP) is 2.73. The molecule has 0 fully saturated rings. The first kappa shape index (κ1) is 17.0. The van der Waals surface area contributed by atoms with Gasteiger partial charge in [-0.1, -0.05) is 29.5 Å². The second-order valence-electron chi connectivity index (χ2n) is 5.71. The number of halogens is 1. The third-order valence-corrected chi connectivity index (χ3v) is 4.77. The number of amides is 3. The number of nitrogens with one attached hydrogen (secondary N) is 1. The predicted molar refractivity (Wildman–Crippen MR) is 94.9 cm³/mol. The molecule has 0 saturated heterocycles. The molecule has 0 spiro atoms. The second kappa shape index (κ2) is 6.69. The van der Waals surface area contributed by atoms with Crippen molar-refractivity contribution in [3.8, 4) is 0 Å². The van der Waals surface area contributed by atoms with E-state index in [2.05, 4.69) is 15.5 Å². The molecule has 0 aliphatic carbocycles. The van der Waals surface area contributed by atoms with Gasteiger partial charge in [0.15, 0.2) is 0 Å². The minimum atomic E-state index is -0.530. The maximum absolute atomic E-state index is 13.2. The van der Waals surface area contributed by atoms with Crippen LogP contribution in [0.25, 0.3) is 0 Å². The summed E-state index contributed by atoms with van der Waals surface area (Å²) in [5.41, 5.74) is 0.852. The molecule has 1 aliphatic rings. The van der Waals surface area contributed by atoms with Crippen molar-refractivity contribution in [1.29, 1.82) is 0 Å². The minimum Gasteiger partial charge on any atom is -0.296 e. The van der Waals surface area contributed by atoms with Gasteiger partial charge in [-0.2, -0.15) is 0 Å². The molecular weight excluding hydrogens is 371 g/mol. The van der Waals surface area contributed by atoms with Gasteiger partial charge in [-0.25, -0.2) is 4.39 Å². The molecule has 27 heavy (non-hydrogen) atoms. The van der Waals surface area contributed by atoms with Crippen molar-refractivity contribution >= 4 is 34.2 Å². The van der Waals surface area contributed by atoms with E-state index in [1.807, 2.05) is 0 Å². The van der Waals surface area contributed by atoms with Gasteiger partial charge in [0.05, 0.1) is 17.7 Å². The Balaban J connectivity index is 1.47. The zero-order valence-corrected chi connectivity index (χ0v) is 14.5. The molecule has 0 radical (unpaired) electrons. The number of fused-ring (bicyclic) bond motifs is 1. The zero-order chi connectivity index (χ0) is 19.0. The largest absolute Gasteiger partial charge is 0.296 e. The van der Waals surface area contributed by atoms with E-state index in [9.17, 15) is 18.8 Å². The molecule has 2 aromatic carbocycles. The van der Waals surface area contributed by atoms with Crippen LogP contribution in [0.2, 0.25) is 0 Å². The number of rotatable bonds is 4. The highest BCUT2D eigenvalue weighted by Gasteiger charge is 2.35. The first-order chi connectivity index (χ1) is 13.0. The lowest BCUT2D eigenvalue weighted by Crippen LogP contribution is -2.29. The summed E-state index contributed by atoms with van der Waals surface area (Å²) in [6, 6.07) is 11.8. The summed E-state index contributed by atoms with van der Waals surface area (Å²) in [4.78, 5) is 37.9. The van der Waals surface area contributed by atoms with Crippen LogP contribution >= 0.6 is 11.3 Å². The van der Waals surface area contributed by atoms with Crippen LogP contribution in [0, 0.1) is 5.82 Å². The summed E-state index contributed by atoms with van der Waals surface area (Å²) in [5.74, 6) is -1.84. The molecule has 1 aromatic heterocycles. The smallest absolute Gasteiger partial charge is 0.261 e. The molecule has 0 unspecified atom stereocenters. The molecule has 134 valence electrons. The number of aromatic nitrogens is 2. The highest BCUT2D eigenvalue weighted by atomic mass is 32.1. The lowest BCUT2D eigenvalue weighted by Gasteiger charge is -2.10. The monoisotopic (exact) mass is 382 g/mol. The lowest BCUT2D eigenvalue weighted by molar-refractivity contribution is 0.0641. The van der Waals surface area contributed by atoms with Gasteiger partial charge in [-0.05, 0) is 30.3 Å². The topological polar surface area (TPSA) is 92.3 Å². The minimum absolute atomic E-state index is 0.0418. The molecule has 2 heterocycles. The Labute approximate surface area is 156 Å². The van der Waals surface area contributed by atoms with Crippen LogP contribution in [-0.2, 0) is 6.54 Å². The number of hydrogen-bond acceptors (Lipinski definition) is 6. The summed E-state index contributed by atoms with van der Waals surface area (Å²) in [6.45, 7) is -0.0418. The van der Waals surface area contributed by atoms with Crippen LogP contribution in [0.4, 0.5) is 9.52 Å². The van der Waals surface area contributed by atoms with Crippen molar-refractivity contribution in [2.24, 2.45) is 0 Å². The SMILES string of the molecule is O=C(Nc1nnc(CN2C(=O)c3ccccc3C2=O)s1)c1cccc(F)c1. The molecule has 3 amide bonds. The van der Waals surface area contributed by atoms with Crippen LogP contribution in [0.1, 0.15) is 36.1 Å². The van der Waals surface area contributed by atoms with Crippen molar-refractivity contribution in [1.82, 2.24) is 15.1 Å². The van der Waals surface area contributed by atoms with Crippen molar-refractivity contribution in [3.63, 3.8) is 0 Å². The van der Waals surface area contributed by atoms with Crippen LogP contribution in [-0.4, -0.2) is 32.8 Å². The standard InChI is InChI=1S/C18H11FN4O3S/c19-11-5-3-4-10(8-11)15(24)20-18-22-21-14(27-18)9-23-16(25)12-6-1-2-7-13(12)17(23)26/h1-8H,9H2,(H,20,22,24). The Morgan fingerprint density at radius 3 is 2.41 bits per heavy atom. The average Bonchev–Trinajstić information content (AvgIpc) is 3.20. The Morgan fingerprint density at radius 2 is 1.74 bits per heavy atom. The van der Waals surface area contributed by atoms with E-state index in [0.29, 0.717) is 16.1 Å². The molecule has 7 nitrogen and oxygen atoms in total. The average molecular weight is 382 g/mol. The van der Waals surface area contributed by atoms with Crippen molar-refractivity contribution < 1.29 is 18.8 Å². The van der Waals surface area contributed by atoms with Gasteiger partial charge >= 0.3 is 0 Å². The van der Waals surface area contributed by atoms with Crippen molar-refractivity contribution in [2.75, 3.05) is 5.32 Å². The van der Waals surface area contributed by atoms with E-state index in [-0.39, 0.29) is 17.2 Å². The third kappa shape index (κ3) is 3.20. The Hall–Kier alpha value is -3.46. The second-order valence-corrected chi connectivity index (χ2v) is 6.77. The fourth-order valence-electron chi connectivity index (χ4n) is 2.69. The molecular formula is C18H11FN4O3S. The normalized spacial score (nSPS) is 13.0. The summed E-state index contributed by atoms with van der Waals surface area (Å²) in [7, 11) is 0. The molecule has 0 bridgehead atoms. The molecule has 9 heteroatoms. The van der Waals surface area contributed by atoms with Crippen LogP contribution in [0.3, 0.4) is 0 Å². The van der Waals surface area contributed by atoms with E-state index in [4.69, 9.17) is 0 Å². The van der Waals surface area contributed by atoms with E-state index >= 15 is 0 Å². The number of anilines is 1. The van der Waals surface area contributed by atoms with Crippen LogP contribution in [0.5, 0.6) is 0 Å². The number of benzene rings is 2. The number of carbonyl (C=O) groups excluding carboxylic acids is 3. The van der Waals surface area contributed by atoms with Gasteiger partial charge in [0.2, 0.25) is 5.13 Å². The third-order valence-electron chi connectivity index (χ3n) is 3.95. The molecule has 1 N–H and O–H groups in total. The molecule has 3 aromatic rings. The van der Waals surface area contributed by atoms with E-state index in [1.165, 1.54) is 18.2 Å². The summed E-state index contributed by atoms with van der Waals surface area (Å²) >= 11 is 1.04. The molecule has 4 rings (SSSR count). The first-order valence-electron chi connectivity index (χ1n) is 7.87. The van der Waals surface area contributed by atoms with Crippen LogP contribution in [0.15, 0.2) is 48.5 Å². The highest BCUT2D eigenvalue weighted by molar-refractivity contribution is 7.15. The quantitative estimate of drug-likeness (QED) is 0.701. The van der Waals surface area contributed by atoms with E-state index < -0.39 is 23.5 Å². The van der Waals surface area contributed by atoms with Gasteiger partial charge in [0.1, 0.15) is 10.8 Å². The number of imide groups is 1. The zero-order valence-electron chi connectivity index (χ0n) is 13.7. The maximum atomic E-state index is 13.2. The molecule has 1 aliphatic heterocycles. The number of nitrogens with zero attached hydrogens (tertiary/aromatic N) is 3. The van der Waals surface area contributed by atoms with Gasteiger partial charge in [-0.15, -0.1) is 10.2 Å². The Morgan fingerprint density at radius 1 is 1.04 bits per heavy atom. The highest BCUT2D eigenvalue weighted by Crippen LogP contribution is 2.26. The van der Waals surface area contributed by atoms with Crippen molar-refractivity contribution in [3.05, 3.63) is 76.0 Å². The maximum Gasteiger partial charge on any atom is 0.261 e. The van der Waals surface area contributed by atoms with Gasteiger partial charge in [-0.3, -0.25) is 24.6 Å². The summed E-state index contributed by atoms with van der Waals surface area (Å²) < 4.78 is 13.2. The van der Waals surface area contributed by atoms with Gasteiger partial charge in [0.25, 0.3) is 17.7 Å². The Bertz CT molecular complexity index is 1050. The summed E-state index contributed by atoms with van der Waals surface area (Å²) in [5, 5.41) is 10.8. The first-order valence-corrected chi connectivity index (χ1v) is 8.69. The van der Waals surface area contributed by atoms with Gasteiger partial charge in [0, 0.05) is 5.56 Å². The fourth-order valence-corrected chi connectivity index (χ4v) is 3.41. The number of hydrogen-bond donors (Lipinski definition) is 1. The lowest BCUT2D eigenvalue weighted by atomic mass is 10.1. The number of carbonyl (C=O) groups is 3. The van der Waals surface area contributed by atoms with E-state index in [0.717, 1.165) is 22.3 Å². The Kier molecular flexibility index (Phi) is 4.21. The molecule has 0 atom stereocenters. The van der Waals surface area contributed by atoms with E-state index in [1.54, 1.807) is 24.3 Å².